The third kappa shape index (κ3) is 4.38. The van der Waals surface area contributed by atoms with E-state index in [1.807, 2.05) is 43.9 Å². The summed E-state index contributed by atoms with van der Waals surface area (Å²) in [7, 11) is 1.71. The first kappa shape index (κ1) is 25.0. The molecule has 0 unspecified atom stereocenters. The van der Waals surface area contributed by atoms with Crippen molar-refractivity contribution in [2.75, 3.05) is 10.2 Å². The van der Waals surface area contributed by atoms with E-state index in [4.69, 9.17) is 28.2 Å². The summed E-state index contributed by atoms with van der Waals surface area (Å²) < 4.78 is 1.55. The van der Waals surface area contributed by atoms with E-state index >= 15 is 0 Å². The van der Waals surface area contributed by atoms with Crippen molar-refractivity contribution >= 4 is 51.7 Å². The maximum absolute atomic E-state index is 13.5. The van der Waals surface area contributed by atoms with Gasteiger partial charge in [-0.05, 0) is 56.2 Å². The Morgan fingerprint density at radius 3 is 2.70 bits per heavy atom. The van der Waals surface area contributed by atoms with Crippen LogP contribution in [0.3, 0.4) is 0 Å². The molecule has 1 aliphatic rings. The second-order valence-corrected chi connectivity index (χ2v) is 10.1. The number of halogens is 2. The SMILES string of the molecule is Cc1cc([C@@H](C)Nc2ccc(Cl)nc2C(=O)O)c2nc(N3Cc4cc(Cl)cnc4[C@H]3C)n(C)c(=O)c2c1. The number of rotatable bonds is 5. The number of fused-ring (bicyclic) bond motifs is 2. The van der Waals surface area contributed by atoms with Gasteiger partial charge in [-0.25, -0.2) is 14.8 Å². The van der Waals surface area contributed by atoms with Crippen molar-refractivity contribution in [3.8, 4) is 0 Å². The van der Waals surface area contributed by atoms with Crippen LogP contribution in [-0.4, -0.2) is 30.6 Å². The first-order valence-electron chi connectivity index (χ1n) is 11.6. The number of aromatic nitrogens is 4. The summed E-state index contributed by atoms with van der Waals surface area (Å²) in [5.74, 6) is -0.687. The van der Waals surface area contributed by atoms with Gasteiger partial charge in [0.25, 0.3) is 5.56 Å². The van der Waals surface area contributed by atoms with Crippen molar-refractivity contribution in [3.05, 3.63) is 85.1 Å². The number of carboxylic acid groups (broad SMARTS) is 1. The maximum atomic E-state index is 13.5. The molecule has 11 heteroatoms. The highest BCUT2D eigenvalue weighted by Crippen LogP contribution is 2.37. The minimum atomic E-state index is -1.20. The normalized spacial score (nSPS) is 15.6. The largest absolute Gasteiger partial charge is 0.476 e. The van der Waals surface area contributed by atoms with Gasteiger partial charge in [-0.3, -0.25) is 14.3 Å². The number of carbonyl (C=O) groups is 1. The summed E-state index contributed by atoms with van der Waals surface area (Å²) in [6.07, 6.45) is 1.62. The highest BCUT2D eigenvalue weighted by atomic mass is 35.5. The van der Waals surface area contributed by atoms with Gasteiger partial charge in [0.15, 0.2) is 5.69 Å². The van der Waals surface area contributed by atoms with E-state index in [2.05, 4.69) is 15.3 Å². The molecule has 2 atom stereocenters. The molecular weight excluding hydrogens is 515 g/mol. The number of aromatic carboxylic acids is 1. The van der Waals surface area contributed by atoms with Crippen molar-refractivity contribution in [3.63, 3.8) is 0 Å². The number of nitrogens with one attached hydrogen (secondary N) is 1. The van der Waals surface area contributed by atoms with Gasteiger partial charge in [-0.1, -0.05) is 29.3 Å². The topological polar surface area (TPSA) is 113 Å². The first-order chi connectivity index (χ1) is 17.5. The van der Waals surface area contributed by atoms with Crippen LogP contribution in [0.5, 0.6) is 0 Å². The lowest BCUT2D eigenvalue weighted by Gasteiger charge is -2.26. The van der Waals surface area contributed by atoms with Crippen LogP contribution < -0.4 is 15.8 Å². The van der Waals surface area contributed by atoms with Crippen LogP contribution >= 0.6 is 23.2 Å². The molecule has 0 radical (unpaired) electrons. The number of nitrogens with zero attached hydrogens (tertiary/aromatic N) is 5. The lowest BCUT2D eigenvalue weighted by molar-refractivity contribution is 0.0691. The summed E-state index contributed by atoms with van der Waals surface area (Å²) in [6, 6.07) is 8.25. The molecule has 1 aliphatic heterocycles. The molecule has 0 amide bonds. The standard InChI is InChI=1S/C26H24Cl2N6O3/c1-12-7-17(13(2)30-19-5-6-20(28)31-23(19)25(36)37)22-18(8-12)24(35)33(4)26(32-22)34-11-15-9-16(27)10-29-21(15)14(34)3/h5-10,13-14,30H,11H2,1-4H3,(H,36,37)/t13-,14-/m1/s1. The fourth-order valence-electron chi connectivity index (χ4n) is 4.86. The molecule has 4 aromatic rings. The van der Waals surface area contributed by atoms with E-state index in [0.717, 1.165) is 22.4 Å². The van der Waals surface area contributed by atoms with Crippen molar-refractivity contribution < 1.29 is 9.90 Å². The zero-order chi connectivity index (χ0) is 26.6. The van der Waals surface area contributed by atoms with Crippen LogP contribution in [0, 0.1) is 6.92 Å². The zero-order valence-electron chi connectivity index (χ0n) is 20.6. The summed E-state index contributed by atoms with van der Waals surface area (Å²) in [6.45, 7) is 6.32. The van der Waals surface area contributed by atoms with Crippen LogP contribution in [0.1, 0.15) is 58.8 Å². The van der Waals surface area contributed by atoms with Crippen LogP contribution in [0.4, 0.5) is 11.6 Å². The van der Waals surface area contributed by atoms with E-state index < -0.39 is 12.0 Å². The Labute approximate surface area is 222 Å². The third-order valence-corrected chi connectivity index (χ3v) is 7.08. The molecule has 0 spiro atoms. The molecule has 0 saturated heterocycles. The number of benzene rings is 1. The zero-order valence-corrected chi connectivity index (χ0v) is 22.1. The van der Waals surface area contributed by atoms with Crippen LogP contribution in [0.25, 0.3) is 10.9 Å². The van der Waals surface area contributed by atoms with Crippen LogP contribution in [-0.2, 0) is 13.6 Å². The summed E-state index contributed by atoms with van der Waals surface area (Å²) in [5.41, 5.74) is 4.02. The van der Waals surface area contributed by atoms with E-state index in [1.54, 1.807) is 23.9 Å². The number of aryl methyl sites for hydroxylation is 1. The molecule has 3 aromatic heterocycles. The van der Waals surface area contributed by atoms with Crippen molar-refractivity contribution in [1.29, 1.82) is 0 Å². The lowest BCUT2D eigenvalue weighted by atomic mass is 10.0. The summed E-state index contributed by atoms with van der Waals surface area (Å²) in [5, 5.41) is 13.9. The highest BCUT2D eigenvalue weighted by molar-refractivity contribution is 6.30. The van der Waals surface area contributed by atoms with Crippen LogP contribution in [0.2, 0.25) is 10.2 Å². The molecule has 1 aromatic carbocycles. The smallest absolute Gasteiger partial charge is 0.356 e. The Kier molecular flexibility index (Phi) is 6.29. The van der Waals surface area contributed by atoms with E-state index in [1.165, 1.54) is 6.07 Å². The van der Waals surface area contributed by atoms with Gasteiger partial charge in [-0.2, -0.15) is 0 Å². The van der Waals surface area contributed by atoms with Gasteiger partial charge >= 0.3 is 5.97 Å². The fourth-order valence-corrected chi connectivity index (χ4v) is 5.19. The lowest BCUT2D eigenvalue weighted by Crippen LogP contribution is -2.30. The molecule has 0 bridgehead atoms. The molecule has 37 heavy (non-hydrogen) atoms. The number of hydrogen-bond acceptors (Lipinski definition) is 7. The second kappa shape index (κ2) is 9.32. The van der Waals surface area contributed by atoms with Gasteiger partial charge in [0, 0.05) is 25.4 Å². The predicted molar refractivity (Wildman–Crippen MR) is 144 cm³/mol. The molecule has 4 heterocycles. The van der Waals surface area contributed by atoms with E-state index in [9.17, 15) is 14.7 Å². The quantitative estimate of drug-likeness (QED) is 0.329. The van der Waals surface area contributed by atoms with Crippen LogP contribution in [0.15, 0.2) is 41.3 Å². The van der Waals surface area contributed by atoms with E-state index in [-0.39, 0.29) is 22.4 Å². The monoisotopic (exact) mass is 538 g/mol. The fraction of sp³-hybridized carbons (Fsp3) is 0.269. The number of carboxylic acids is 1. The molecule has 0 saturated carbocycles. The van der Waals surface area contributed by atoms with Gasteiger partial charge in [0.1, 0.15) is 5.15 Å². The predicted octanol–water partition coefficient (Wildman–Crippen LogP) is 5.29. The average Bonchev–Trinajstić information content (AvgIpc) is 3.17. The Hall–Kier alpha value is -3.69. The maximum Gasteiger partial charge on any atom is 0.356 e. The third-order valence-electron chi connectivity index (χ3n) is 6.66. The minimum absolute atomic E-state index is 0.0860. The molecule has 0 aliphatic carbocycles. The average molecular weight is 539 g/mol. The molecule has 0 fully saturated rings. The molecule has 190 valence electrons. The van der Waals surface area contributed by atoms with Crippen molar-refractivity contribution in [2.45, 2.75) is 39.4 Å². The Balaban J connectivity index is 1.62. The second-order valence-electron chi connectivity index (χ2n) is 9.23. The van der Waals surface area contributed by atoms with Gasteiger partial charge in [0.05, 0.1) is 39.4 Å². The van der Waals surface area contributed by atoms with Gasteiger partial charge in [0.2, 0.25) is 5.95 Å². The first-order valence-corrected chi connectivity index (χ1v) is 12.4. The minimum Gasteiger partial charge on any atom is -0.476 e. The number of anilines is 2. The highest BCUT2D eigenvalue weighted by Gasteiger charge is 2.32. The molecule has 5 rings (SSSR count). The van der Waals surface area contributed by atoms with E-state index in [0.29, 0.717) is 34.1 Å². The van der Waals surface area contributed by atoms with Gasteiger partial charge < -0.3 is 15.3 Å². The Bertz CT molecular complexity index is 1640. The summed E-state index contributed by atoms with van der Waals surface area (Å²) >= 11 is 12.1. The molecule has 9 nitrogen and oxygen atoms in total. The van der Waals surface area contributed by atoms with Gasteiger partial charge in [-0.15, -0.1) is 0 Å². The Morgan fingerprint density at radius 2 is 1.97 bits per heavy atom. The van der Waals surface area contributed by atoms with Crippen molar-refractivity contribution in [2.24, 2.45) is 7.05 Å². The van der Waals surface area contributed by atoms with Crippen molar-refractivity contribution in [1.82, 2.24) is 19.5 Å². The summed E-state index contributed by atoms with van der Waals surface area (Å²) in [4.78, 5) is 40.7. The molecule has 2 N–H and O–H groups in total. The number of pyridine rings is 2. The number of hydrogen-bond donors (Lipinski definition) is 2. The Morgan fingerprint density at radius 1 is 1.22 bits per heavy atom. The molecular formula is C26H24Cl2N6O3.